The largest absolute Gasteiger partial charge is 0.325 e. The smallest absolute Gasteiger partial charge is 0.241 e. The molecule has 1 aromatic rings. The molecule has 0 aromatic heterocycles. The highest BCUT2D eigenvalue weighted by atomic mass is 19.1. The van der Waals surface area contributed by atoms with Gasteiger partial charge >= 0.3 is 0 Å². The average molecular weight is 210 g/mol. The highest BCUT2D eigenvalue weighted by Gasteiger charge is 2.12. The van der Waals surface area contributed by atoms with Gasteiger partial charge in [-0.25, -0.2) is 4.39 Å². The van der Waals surface area contributed by atoms with Crippen molar-refractivity contribution in [2.45, 2.75) is 25.8 Å². The van der Waals surface area contributed by atoms with Crippen molar-refractivity contribution in [2.24, 2.45) is 5.73 Å². The number of hydrogen-bond acceptors (Lipinski definition) is 2. The van der Waals surface area contributed by atoms with Crippen molar-refractivity contribution in [2.75, 3.05) is 5.32 Å². The number of rotatable bonds is 4. The first-order valence-corrected chi connectivity index (χ1v) is 4.95. The Morgan fingerprint density at radius 3 is 2.93 bits per heavy atom. The summed E-state index contributed by atoms with van der Waals surface area (Å²) in [4.78, 5) is 11.5. The molecule has 3 N–H and O–H groups in total. The predicted octanol–water partition coefficient (Wildman–Crippen LogP) is 1.89. The lowest BCUT2D eigenvalue weighted by atomic mass is 10.1. The van der Waals surface area contributed by atoms with Crippen LogP contribution in [-0.2, 0) is 4.79 Å². The Labute approximate surface area is 88.5 Å². The van der Waals surface area contributed by atoms with Crippen molar-refractivity contribution in [3.05, 3.63) is 30.1 Å². The number of amides is 1. The molecule has 15 heavy (non-hydrogen) atoms. The Hall–Kier alpha value is -1.42. The molecule has 0 unspecified atom stereocenters. The second kappa shape index (κ2) is 5.46. The fourth-order valence-electron chi connectivity index (χ4n) is 1.24. The van der Waals surface area contributed by atoms with Crippen molar-refractivity contribution in [3.8, 4) is 0 Å². The number of benzene rings is 1. The third kappa shape index (κ3) is 3.67. The lowest BCUT2D eigenvalue weighted by molar-refractivity contribution is -0.117. The van der Waals surface area contributed by atoms with Gasteiger partial charge in [0.05, 0.1) is 6.04 Å². The summed E-state index contributed by atoms with van der Waals surface area (Å²) in [5.41, 5.74) is 6.04. The molecule has 0 radical (unpaired) electrons. The zero-order chi connectivity index (χ0) is 11.3. The van der Waals surface area contributed by atoms with E-state index in [1.807, 2.05) is 6.92 Å². The van der Waals surface area contributed by atoms with Crippen LogP contribution in [0.3, 0.4) is 0 Å². The molecule has 1 rings (SSSR count). The summed E-state index contributed by atoms with van der Waals surface area (Å²) >= 11 is 0. The number of nitrogens with one attached hydrogen (secondary N) is 1. The normalized spacial score (nSPS) is 12.2. The van der Waals surface area contributed by atoms with E-state index in [2.05, 4.69) is 5.32 Å². The van der Waals surface area contributed by atoms with E-state index < -0.39 is 6.04 Å². The molecule has 0 fully saturated rings. The summed E-state index contributed by atoms with van der Waals surface area (Å²) in [5, 5.41) is 2.56. The summed E-state index contributed by atoms with van der Waals surface area (Å²) in [6.45, 7) is 1.95. The van der Waals surface area contributed by atoms with E-state index in [1.165, 1.54) is 18.2 Å². The Morgan fingerprint density at radius 1 is 1.60 bits per heavy atom. The molecule has 0 aliphatic heterocycles. The van der Waals surface area contributed by atoms with Crippen LogP contribution < -0.4 is 11.1 Å². The van der Waals surface area contributed by atoms with Crippen LogP contribution in [0.5, 0.6) is 0 Å². The van der Waals surface area contributed by atoms with Crippen LogP contribution in [0.4, 0.5) is 10.1 Å². The Bertz CT molecular complexity index is 341. The van der Waals surface area contributed by atoms with Gasteiger partial charge in [0.2, 0.25) is 5.91 Å². The second-order valence-electron chi connectivity index (χ2n) is 3.39. The van der Waals surface area contributed by atoms with Crippen LogP contribution in [0.25, 0.3) is 0 Å². The minimum atomic E-state index is -0.529. The zero-order valence-corrected chi connectivity index (χ0v) is 8.66. The monoisotopic (exact) mass is 210 g/mol. The van der Waals surface area contributed by atoms with E-state index in [0.29, 0.717) is 12.1 Å². The molecule has 0 saturated carbocycles. The van der Waals surface area contributed by atoms with E-state index in [4.69, 9.17) is 5.73 Å². The molecule has 0 aliphatic carbocycles. The highest BCUT2D eigenvalue weighted by molar-refractivity contribution is 5.94. The van der Waals surface area contributed by atoms with Crippen LogP contribution in [-0.4, -0.2) is 11.9 Å². The third-order valence-electron chi connectivity index (χ3n) is 2.03. The van der Waals surface area contributed by atoms with Gasteiger partial charge in [-0.15, -0.1) is 0 Å². The van der Waals surface area contributed by atoms with Crippen molar-refractivity contribution >= 4 is 11.6 Å². The first-order chi connectivity index (χ1) is 7.13. The molecule has 82 valence electrons. The Kier molecular flexibility index (Phi) is 4.24. The number of carbonyl (C=O) groups is 1. The SMILES string of the molecule is CCC[C@@H](N)C(=O)Nc1cccc(F)c1. The van der Waals surface area contributed by atoms with E-state index in [1.54, 1.807) is 6.07 Å². The van der Waals surface area contributed by atoms with Gasteiger partial charge in [0.25, 0.3) is 0 Å². The Morgan fingerprint density at radius 2 is 2.33 bits per heavy atom. The molecule has 3 nitrogen and oxygen atoms in total. The van der Waals surface area contributed by atoms with Gasteiger partial charge < -0.3 is 11.1 Å². The number of hydrogen-bond donors (Lipinski definition) is 2. The van der Waals surface area contributed by atoms with Gasteiger partial charge in [0.1, 0.15) is 5.82 Å². The molecule has 1 amide bonds. The van der Waals surface area contributed by atoms with Gasteiger partial charge in [0.15, 0.2) is 0 Å². The number of carbonyl (C=O) groups excluding carboxylic acids is 1. The molecule has 1 aromatic carbocycles. The fourth-order valence-corrected chi connectivity index (χ4v) is 1.24. The summed E-state index contributed by atoms with van der Waals surface area (Å²) in [7, 11) is 0. The fraction of sp³-hybridized carbons (Fsp3) is 0.364. The minimum absolute atomic E-state index is 0.276. The van der Waals surface area contributed by atoms with Crippen LogP contribution in [0.1, 0.15) is 19.8 Å². The molecule has 4 heteroatoms. The second-order valence-corrected chi connectivity index (χ2v) is 3.39. The van der Waals surface area contributed by atoms with Crippen molar-refractivity contribution in [1.29, 1.82) is 0 Å². The van der Waals surface area contributed by atoms with Crippen molar-refractivity contribution < 1.29 is 9.18 Å². The van der Waals surface area contributed by atoms with Gasteiger partial charge in [-0.3, -0.25) is 4.79 Å². The summed E-state index contributed by atoms with van der Waals surface area (Å²) in [6, 6.07) is 5.21. The molecule has 0 spiro atoms. The van der Waals surface area contributed by atoms with E-state index >= 15 is 0 Å². The molecular formula is C11H15FN2O. The third-order valence-corrected chi connectivity index (χ3v) is 2.03. The summed E-state index contributed by atoms with van der Waals surface area (Å²) < 4.78 is 12.8. The van der Waals surface area contributed by atoms with Gasteiger partial charge in [-0.2, -0.15) is 0 Å². The predicted molar refractivity (Wildman–Crippen MR) is 57.9 cm³/mol. The molecule has 1 atom stereocenters. The maximum atomic E-state index is 12.8. The van der Waals surface area contributed by atoms with E-state index in [0.717, 1.165) is 6.42 Å². The van der Waals surface area contributed by atoms with Crippen LogP contribution in [0.15, 0.2) is 24.3 Å². The summed E-state index contributed by atoms with van der Waals surface area (Å²) in [5.74, 6) is -0.653. The van der Waals surface area contributed by atoms with Crippen molar-refractivity contribution in [1.82, 2.24) is 0 Å². The van der Waals surface area contributed by atoms with Crippen LogP contribution >= 0.6 is 0 Å². The summed E-state index contributed by atoms with van der Waals surface area (Å²) in [6.07, 6.45) is 1.47. The standard InChI is InChI=1S/C11H15FN2O/c1-2-4-10(13)11(15)14-9-6-3-5-8(12)7-9/h3,5-7,10H,2,4,13H2,1H3,(H,14,15)/t10-/m1/s1. The molecular weight excluding hydrogens is 195 g/mol. The minimum Gasteiger partial charge on any atom is -0.325 e. The van der Waals surface area contributed by atoms with Gasteiger partial charge in [-0.1, -0.05) is 19.4 Å². The van der Waals surface area contributed by atoms with Crippen LogP contribution in [0.2, 0.25) is 0 Å². The van der Waals surface area contributed by atoms with Crippen LogP contribution in [0, 0.1) is 5.82 Å². The topological polar surface area (TPSA) is 55.1 Å². The number of nitrogens with two attached hydrogens (primary N) is 1. The lowest BCUT2D eigenvalue weighted by Crippen LogP contribution is -2.35. The first-order valence-electron chi connectivity index (χ1n) is 4.95. The lowest BCUT2D eigenvalue weighted by Gasteiger charge is -2.10. The molecule has 0 heterocycles. The highest BCUT2D eigenvalue weighted by Crippen LogP contribution is 2.09. The molecule has 0 bridgehead atoms. The Balaban J connectivity index is 2.58. The van der Waals surface area contributed by atoms with Gasteiger partial charge in [-0.05, 0) is 24.6 Å². The maximum absolute atomic E-state index is 12.8. The first kappa shape index (κ1) is 11.7. The number of anilines is 1. The quantitative estimate of drug-likeness (QED) is 0.797. The average Bonchev–Trinajstić information content (AvgIpc) is 2.18. The molecule has 0 aliphatic rings. The van der Waals surface area contributed by atoms with E-state index in [-0.39, 0.29) is 11.7 Å². The van der Waals surface area contributed by atoms with Gasteiger partial charge in [0, 0.05) is 5.69 Å². The zero-order valence-electron chi connectivity index (χ0n) is 8.66. The maximum Gasteiger partial charge on any atom is 0.241 e. The molecule has 0 saturated heterocycles. The number of halogens is 1. The van der Waals surface area contributed by atoms with E-state index in [9.17, 15) is 9.18 Å². The van der Waals surface area contributed by atoms with Crippen molar-refractivity contribution in [3.63, 3.8) is 0 Å².